The van der Waals surface area contributed by atoms with Crippen LogP contribution in [0.4, 0.5) is 0 Å². The van der Waals surface area contributed by atoms with Crippen molar-refractivity contribution in [2.45, 2.75) is 17.7 Å². The van der Waals surface area contributed by atoms with Crippen LogP contribution in [0.2, 0.25) is 0 Å². The number of rotatable bonds is 6. The fourth-order valence-electron chi connectivity index (χ4n) is 2.44. The topological polar surface area (TPSA) is 43.6 Å². The highest BCUT2D eigenvalue weighted by atomic mass is 32.2. The number of fused-ring (bicyclic) bond motifs is 1. The predicted octanol–water partition coefficient (Wildman–Crippen LogP) is 4.25. The van der Waals surface area contributed by atoms with Crippen LogP contribution in [0.15, 0.2) is 58.4 Å². The molecular formula is C19H20N2O2S2. The Bertz CT molecular complexity index is 929. The van der Waals surface area contributed by atoms with E-state index in [9.17, 15) is 4.79 Å². The third-order valence-corrected chi connectivity index (χ3v) is 5.98. The van der Waals surface area contributed by atoms with Crippen LogP contribution < -0.4 is 9.54 Å². The lowest BCUT2D eigenvalue weighted by Crippen LogP contribution is -2.13. The number of amides is 1. The van der Waals surface area contributed by atoms with Gasteiger partial charge in [0, 0.05) is 18.4 Å². The highest BCUT2D eigenvalue weighted by molar-refractivity contribution is 7.99. The molecule has 0 radical (unpaired) electrons. The lowest BCUT2D eigenvalue weighted by Gasteiger charge is -2.00. The van der Waals surface area contributed by atoms with Gasteiger partial charge in [0.2, 0.25) is 5.91 Å². The van der Waals surface area contributed by atoms with Crippen molar-refractivity contribution < 1.29 is 9.53 Å². The Morgan fingerprint density at radius 1 is 1.24 bits per heavy atom. The normalized spacial score (nSPS) is 11.8. The van der Waals surface area contributed by atoms with Gasteiger partial charge in [0.05, 0.1) is 17.3 Å². The number of hydrogen-bond acceptors (Lipinski definition) is 4. The van der Waals surface area contributed by atoms with Gasteiger partial charge in [0.15, 0.2) is 4.80 Å². The molecule has 0 spiro atoms. The maximum Gasteiger partial charge on any atom is 0.248 e. The Morgan fingerprint density at radius 2 is 2.04 bits per heavy atom. The summed E-state index contributed by atoms with van der Waals surface area (Å²) in [4.78, 5) is 18.4. The standard InChI is InChI=1S/C19H20N2O2S2/c1-21-16-11-10-14(23-2)13-17(16)25-19(21)20-18(22)9-6-12-24-15-7-4-3-5-8-15/h3-5,7-8,10-11,13H,6,9,12H2,1-2H3. The number of nitrogens with zero attached hydrogens (tertiary/aromatic N) is 2. The van der Waals surface area contributed by atoms with Crippen LogP contribution in [0.5, 0.6) is 5.75 Å². The van der Waals surface area contributed by atoms with Gasteiger partial charge in [-0.3, -0.25) is 4.79 Å². The molecule has 0 unspecified atom stereocenters. The van der Waals surface area contributed by atoms with Crippen molar-refractivity contribution in [2.24, 2.45) is 12.0 Å². The molecule has 6 heteroatoms. The minimum absolute atomic E-state index is 0.0669. The van der Waals surface area contributed by atoms with Gasteiger partial charge < -0.3 is 9.30 Å². The van der Waals surface area contributed by atoms with Crippen LogP contribution in [-0.2, 0) is 11.8 Å². The zero-order valence-electron chi connectivity index (χ0n) is 14.3. The Hall–Kier alpha value is -2.05. The van der Waals surface area contributed by atoms with E-state index in [2.05, 4.69) is 17.1 Å². The van der Waals surface area contributed by atoms with Gasteiger partial charge in [0.1, 0.15) is 5.75 Å². The molecule has 0 saturated heterocycles. The summed E-state index contributed by atoms with van der Waals surface area (Å²) in [6.07, 6.45) is 1.29. The Balaban J connectivity index is 1.63. The molecule has 0 saturated carbocycles. The van der Waals surface area contributed by atoms with E-state index >= 15 is 0 Å². The van der Waals surface area contributed by atoms with Gasteiger partial charge >= 0.3 is 0 Å². The van der Waals surface area contributed by atoms with E-state index in [1.165, 1.54) is 16.2 Å². The summed E-state index contributed by atoms with van der Waals surface area (Å²) in [5.41, 5.74) is 1.05. The first-order chi connectivity index (χ1) is 12.2. The van der Waals surface area contributed by atoms with E-state index < -0.39 is 0 Å². The number of ether oxygens (including phenoxy) is 1. The zero-order valence-corrected chi connectivity index (χ0v) is 15.9. The number of thiazole rings is 1. The predicted molar refractivity (Wildman–Crippen MR) is 104 cm³/mol. The Kier molecular flexibility index (Phi) is 5.94. The van der Waals surface area contributed by atoms with Gasteiger partial charge in [-0.25, -0.2) is 0 Å². The molecule has 130 valence electrons. The summed E-state index contributed by atoms with van der Waals surface area (Å²) in [6, 6.07) is 16.1. The maximum absolute atomic E-state index is 12.2. The number of thioether (sulfide) groups is 1. The second kappa shape index (κ2) is 8.36. The minimum Gasteiger partial charge on any atom is -0.497 e. The molecule has 1 heterocycles. The lowest BCUT2D eigenvalue weighted by molar-refractivity contribution is -0.118. The molecule has 25 heavy (non-hydrogen) atoms. The number of methoxy groups -OCH3 is 1. The summed E-state index contributed by atoms with van der Waals surface area (Å²) in [6.45, 7) is 0. The van der Waals surface area contributed by atoms with Gasteiger partial charge in [-0.05, 0) is 42.5 Å². The van der Waals surface area contributed by atoms with E-state index in [4.69, 9.17) is 4.74 Å². The van der Waals surface area contributed by atoms with Crippen LogP contribution in [-0.4, -0.2) is 23.3 Å². The third kappa shape index (κ3) is 4.52. The molecule has 3 rings (SSSR count). The van der Waals surface area contributed by atoms with E-state index in [1.54, 1.807) is 18.9 Å². The van der Waals surface area contributed by atoms with Crippen molar-refractivity contribution >= 4 is 39.2 Å². The Morgan fingerprint density at radius 3 is 2.80 bits per heavy atom. The summed E-state index contributed by atoms with van der Waals surface area (Å²) in [5, 5.41) is 0. The van der Waals surface area contributed by atoms with Crippen LogP contribution >= 0.6 is 23.1 Å². The van der Waals surface area contributed by atoms with Crippen molar-refractivity contribution in [3.8, 4) is 5.75 Å². The molecule has 1 amide bonds. The fourth-order valence-corrected chi connectivity index (χ4v) is 4.38. The summed E-state index contributed by atoms with van der Waals surface area (Å²) < 4.78 is 8.27. The highest BCUT2D eigenvalue weighted by Gasteiger charge is 2.06. The average molecular weight is 373 g/mol. The molecule has 0 fully saturated rings. The van der Waals surface area contributed by atoms with Crippen LogP contribution in [0, 0.1) is 0 Å². The second-order valence-corrected chi connectivity index (χ2v) is 7.73. The van der Waals surface area contributed by atoms with E-state index in [-0.39, 0.29) is 5.91 Å². The highest BCUT2D eigenvalue weighted by Crippen LogP contribution is 2.22. The first-order valence-electron chi connectivity index (χ1n) is 8.06. The van der Waals surface area contributed by atoms with Crippen molar-refractivity contribution in [3.63, 3.8) is 0 Å². The quantitative estimate of drug-likeness (QED) is 0.480. The molecule has 0 aliphatic heterocycles. The SMILES string of the molecule is COc1ccc2c(c1)sc(=NC(=O)CCCSc1ccccc1)n2C. The van der Waals surface area contributed by atoms with E-state index in [0.29, 0.717) is 6.42 Å². The molecule has 0 aliphatic carbocycles. The first kappa shape index (κ1) is 17.8. The van der Waals surface area contributed by atoms with Crippen molar-refractivity contribution in [2.75, 3.05) is 12.9 Å². The molecule has 4 nitrogen and oxygen atoms in total. The van der Waals surface area contributed by atoms with Crippen molar-refractivity contribution in [3.05, 3.63) is 53.3 Å². The van der Waals surface area contributed by atoms with Crippen LogP contribution in [0.25, 0.3) is 10.2 Å². The van der Waals surface area contributed by atoms with Gasteiger partial charge in [-0.2, -0.15) is 4.99 Å². The van der Waals surface area contributed by atoms with Crippen molar-refractivity contribution in [1.29, 1.82) is 0 Å². The Labute approximate surface area is 155 Å². The number of hydrogen-bond donors (Lipinski definition) is 0. The number of carbonyl (C=O) groups excluding carboxylic acids is 1. The molecule has 1 aromatic heterocycles. The lowest BCUT2D eigenvalue weighted by atomic mass is 10.3. The largest absolute Gasteiger partial charge is 0.497 e. The zero-order chi connectivity index (χ0) is 17.6. The van der Waals surface area contributed by atoms with Gasteiger partial charge in [-0.1, -0.05) is 29.5 Å². The number of carbonyl (C=O) groups is 1. The number of aryl methyl sites for hydroxylation is 1. The molecule has 0 bridgehead atoms. The molecule has 0 atom stereocenters. The third-order valence-electron chi connectivity index (χ3n) is 3.78. The number of aromatic nitrogens is 1. The molecule has 0 aliphatic rings. The first-order valence-corrected chi connectivity index (χ1v) is 9.86. The average Bonchev–Trinajstić information content (AvgIpc) is 2.94. The second-order valence-electron chi connectivity index (χ2n) is 5.55. The number of benzene rings is 2. The van der Waals surface area contributed by atoms with Crippen molar-refractivity contribution in [1.82, 2.24) is 4.57 Å². The summed E-state index contributed by atoms with van der Waals surface area (Å²) in [7, 11) is 3.58. The molecule has 0 N–H and O–H groups in total. The molecular weight excluding hydrogens is 352 g/mol. The van der Waals surface area contributed by atoms with Gasteiger partial charge in [-0.15, -0.1) is 11.8 Å². The van der Waals surface area contributed by atoms with E-state index in [0.717, 1.165) is 32.9 Å². The fraction of sp³-hybridized carbons (Fsp3) is 0.263. The van der Waals surface area contributed by atoms with E-state index in [1.807, 2.05) is 48.0 Å². The smallest absolute Gasteiger partial charge is 0.248 e. The van der Waals surface area contributed by atoms with Crippen LogP contribution in [0.1, 0.15) is 12.8 Å². The van der Waals surface area contributed by atoms with Gasteiger partial charge in [0.25, 0.3) is 0 Å². The minimum atomic E-state index is -0.0669. The summed E-state index contributed by atoms with van der Waals surface area (Å²) in [5.74, 6) is 1.66. The summed E-state index contributed by atoms with van der Waals surface area (Å²) >= 11 is 3.28. The molecule has 3 aromatic rings. The monoisotopic (exact) mass is 372 g/mol. The maximum atomic E-state index is 12.2. The van der Waals surface area contributed by atoms with Crippen LogP contribution in [0.3, 0.4) is 0 Å². The molecule has 2 aromatic carbocycles.